The molecule has 0 heterocycles. The molecule has 2 heteroatoms. The Hall–Kier alpha value is -0.0800. The van der Waals surface area contributed by atoms with Crippen molar-refractivity contribution < 1.29 is 5.11 Å². The molecule has 0 bridgehead atoms. The van der Waals surface area contributed by atoms with Gasteiger partial charge in [0, 0.05) is 6.04 Å². The number of aliphatic hydroxyl groups is 1. The molecule has 1 unspecified atom stereocenters. The van der Waals surface area contributed by atoms with Crippen LogP contribution >= 0.6 is 0 Å². The van der Waals surface area contributed by atoms with E-state index in [4.69, 9.17) is 5.11 Å². The van der Waals surface area contributed by atoms with E-state index in [1.54, 1.807) is 0 Å². The highest BCUT2D eigenvalue weighted by atomic mass is 16.3. The number of hydrogen-bond donors (Lipinski definition) is 2. The fourth-order valence-electron chi connectivity index (χ4n) is 1.29. The molecule has 0 aliphatic rings. The Kier molecular flexibility index (Phi) is 8.95. The van der Waals surface area contributed by atoms with Crippen molar-refractivity contribution in [3.05, 3.63) is 0 Å². The second-order valence-electron chi connectivity index (χ2n) is 3.33. The SMILES string of the molecule is CCCCCNC(CO)CCC. The predicted octanol–water partition coefficient (Wildman–Crippen LogP) is 1.93. The monoisotopic (exact) mass is 173 g/mol. The Balaban J connectivity index is 3.19. The summed E-state index contributed by atoms with van der Waals surface area (Å²) in [5, 5.41) is 12.3. The molecule has 2 nitrogen and oxygen atoms in total. The first-order valence-electron chi connectivity index (χ1n) is 5.19. The third-order valence-electron chi connectivity index (χ3n) is 2.07. The van der Waals surface area contributed by atoms with E-state index < -0.39 is 0 Å². The summed E-state index contributed by atoms with van der Waals surface area (Å²) >= 11 is 0. The van der Waals surface area contributed by atoms with Gasteiger partial charge < -0.3 is 10.4 Å². The van der Waals surface area contributed by atoms with Gasteiger partial charge in [0.05, 0.1) is 6.61 Å². The Morgan fingerprint density at radius 3 is 2.42 bits per heavy atom. The molecule has 0 spiro atoms. The van der Waals surface area contributed by atoms with Gasteiger partial charge in [-0.3, -0.25) is 0 Å². The summed E-state index contributed by atoms with van der Waals surface area (Å²) in [7, 11) is 0. The quantitative estimate of drug-likeness (QED) is 0.550. The molecular formula is C10H23NO. The van der Waals surface area contributed by atoms with Crippen LogP contribution in [0.1, 0.15) is 46.0 Å². The van der Waals surface area contributed by atoms with Crippen LogP contribution in [0.2, 0.25) is 0 Å². The molecule has 0 aliphatic heterocycles. The topological polar surface area (TPSA) is 32.3 Å². The molecule has 0 radical (unpaired) electrons. The van der Waals surface area contributed by atoms with E-state index in [1.165, 1.54) is 19.3 Å². The van der Waals surface area contributed by atoms with Gasteiger partial charge >= 0.3 is 0 Å². The van der Waals surface area contributed by atoms with Gasteiger partial charge in [0.1, 0.15) is 0 Å². The minimum atomic E-state index is 0.278. The van der Waals surface area contributed by atoms with Crippen molar-refractivity contribution in [1.29, 1.82) is 0 Å². The van der Waals surface area contributed by atoms with Gasteiger partial charge in [0.15, 0.2) is 0 Å². The lowest BCUT2D eigenvalue weighted by atomic mass is 10.1. The lowest BCUT2D eigenvalue weighted by molar-refractivity contribution is 0.234. The molecule has 0 saturated heterocycles. The maximum Gasteiger partial charge on any atom is 0.0584 e. The van der Waals surface area contributed by atoms with Crippen LogP contribution in [-0.4, -0.2) is 24.3 Å². The summed E-state index contributed by atoms with van der Waals surface area (Å²) in [6.07, 6.45) is 6.02. The molecule has 0 aliphatic carbocycles. The average molecular weight is 173 g/mol. The maximum absolute atomic E-state index is 8.95. The Bertz CT molecular complexity index is 85.9. The van der Waals surface area contributed by atoms with E-state index in [0.717, 1.165) is 19.4 Å². The average Bonchev–Trinajstić information content (AvgIpc) is 2.10. The van der Waals surface area contributed by atoms with Crippen LogP contribution in [0.3, 0.4) is 0 Å². The van der Waals surface area contributed by atoms with Gasteiger partial charge in [-0.15, -0.1) is 0 Å². The normalized spacial score (nSPS) is 13.2. The van der Waals surface area contributed by atoms with Crippen molar-refractivity contribution in [2.45, 2.75) is 52.0 Å². The highest BCUT2D eigenvalue weighted by Gasteiger charge is 2.03. The molecule has 1 atom stereocenters. The van der Waals surface area contributed by atoms with Crippen molar-refractivity contribution in [2.75, 3.05) is 13.2 Å². The number of unbranched alkanes of at least 4 members (excludes halogenated alkanes) is 2. The van der Waals surface area contributed by atoms with E-state index >= 15 is 0 Å². The zero-order valence-electron chi connectivity index (χ0n) is 8.47. The van der Waals surface area contributed by atoms with E-state index in [9.17, 15) is 0 Å². The molecule has 0 amide bonds. The third kappa shape index (κ3) is 6.62. The van der Waals surface area contributed by atoms with E-state index in [2.05, 4.69) is 19.2 Å². The van der Waals surface area contributed by atoms with E-state index in [0.29, 0.717) is 6.04 Å². The Labute approximate surface area is 76.4 Å². The summed E-state index contributed by atoms with van der Waals surface area (Å²) in [4.78, 5) is 0. The van der Waals surface area contributed by atoms with Crippen LogP contribution in [0.5, 0.6) is 0 Å². The molecule has 74 valence electrons. The highest BCUT2D eigenvalue weighted by molar-refractivity contribution is 4.63. The van der Waals surface area contributed by atoms with Gasteiger partial charge in [-0.1, -0.05) is 33.1 Å². The van der Waals surface area contributed by atoms with Crippen molar-refractivity contribution in [3.63, 3.8) is 0 Å². The number of rotatable bonds is 8. The van der Waals surface area contributed by atoms with Gasteiger partial charge in [0.25, 0.3) is 0 Å². The zero-order chi connectivity index (χ0) is 9.23. The first kappa shape index (κ1) is 11.9. The van der Waals surface area contributed by atoms with Crippen LogP contribution in [0.4, 0.5) is 0 Å². The molecule has 0 aromatic rings. The fraction of sp³-hybridized carbons (Fsp3) is 1.00. The van der Waals surface area contributed by atoms with Gasteiger partial charge in [-0.25, -0.2) is 0 Å². The summed E-state index contributed by atoms with van der Waals surface area (Å²) in [5.74, 6) is 0. The smallest absolute Gasteiger partial charge is 0.0584 e. The minimum Gasteiger partial charge on any atom is -0.395 e. The first-order valence-corrected chi connectivity index (χ1v) is 5.19. The van der Waals surface area contributed by atoms with E-state index in [-0.39, 0.29) is 6.61 Å². The number of hydrogen-bond acceptors (Lipinski definition) is 2. The predicted molar refractivity (Wildman–Crippen MR) is 53.3 cm³/mol. The second-order valence-corrected chi connectivity index (χ2v) is 3.33. The standard InChI is InChI=1S/C10H23NO/c1-3-5-6-8-11-10(9-12)7-4-2/h10-12H,3-9H2,1-2H3. The number of aliphatic hydroxyl groups excluding tert-OH is 1. The van der Waals surface area contributed by atoms with Gasteiger partial charge in [-0.05, 0) is 19.4 Å². The Morgan fingerprint density at radius 1 is 1.17 bits per heavy atom. The highest BCUT2D eigenvalue weighted by Crippen LogP contribution is 1.97. The zero-order valence-corrected chi connectivity index (χ0v) is 8.47. The molecule has 12 heavy (non-hydrogen) atoms. The maximum atomic E-state index is 8.95. The third-order valence-corrected chi connectivity index (χ3v) is 2.07. The van der Waals surface area contributed by atoms with Crippen molar-refractivity contribution in [2.24, 2.45) is 0 Å². The largest absolute Gasteiger partial charge is 0.395 e. The first-order chi connectivity index (χ1) is 5.85. The summed E-state index contributed by atoms with van der Waals surface area (Å²) in [5.41, 5.74) is 0. The summed E-state index contributed by atoms with van der Waals surface area (Å²) < 4.78 is 0. The van der Waals surface area contributed by atoms with Gasteiger partial charge in [-0.2, -0.15) is 0 Å². The van der Waals surface area contributed by atoms with Gasteiger partial charge in [0.2, 0.25) is 0 Å². The molecule has 0 fully saturated rings. The summed E-state index contributed by atoms with van der Waals surface area (Å²) in [6.45, 7) is 5.69. The van der Waals surface area contributed by atoms with Crippen LogP contribution in [0.15, 0.2) is 0 Å². The van der Waals surface area contributed by atoms with Crippen molar-refractivity contribution in [1.82, 2.24) is 5.32 Å². The molecular weight excluding hydrogens is 150 g/mol. The van der Waals surface area contributed by atoms with Crippen molar-refractivity contribution in [3.8, 4) is 0 Å². The molecule has 2 N–H and O–H groups in total. The molecule has 0 aromatic carbocycles. The number of nitrogens with one attached hydrogen (secondary N) is 1. The van der Waals surface area contributed by atoms with Crippen LogP contribution in [0.25, 0.3) is 0 Å². The molecule has 0 saturated carbocycles. The minimum absolute atomic E-state index is 0.278. The van der Waals surface area contributed by atoms with Crippen molar-refractivity contribution >= 4 is 0 Å². The summed E-state index contributed by atoms with van der Waals surface area (Å²) in [6, 6.07) is 0.326. The Morgan fingerprint density at radius 2 is 1.92 bits per heavy atom. The van der Waals surface area contributed by atoms with E-state index in [1.807, 2.05) is 0 Å². The lowest BCUT2D eigenvalue weighted by Crippen LogP contribution is -2.32. The molecule has 0 aromatic heterocycles. The van der Waals surface area contributed by atoms with Crippen LogP contribution in [-0.2, 0) is 0 Å². The van der Waals surface area contributed by atoms with Crippen LogP contribution in [0, 0.1) is 0 Å². The fourth-order valence-corrected chi connectivity index (χ4v) is 1.29. The molecule has 0 rings (SSSR count). The van der Waals surface area contributed by atoms with Crippen LogP contribution < -0.4 is 5.32 Å². The lowest BCUT2D eigenvalue weighted by Gasteiger charge is -2.14. The second kappa shape index (κ2) is 9.01.